The van der Waals surface area contributed by atoms with Crippen molar-refractivity contribution >= 4 is 45.8 Å². The van der Waals surface area contributed by atoms with Crippen LogP contribution in [0.25, 0.3) is 10.9 Å². The number of benzene rings is 3. The molecule has 0 spiro atoms. The number of halogens is 1. The monoisotopic (exact) mass is 456 g/mol. The largest absolute Gasteiger partial charge is 0.326 e. The van der Waals surface area contributed by atoms with Gasteiger partial charge in [0.05, 0.1) is 5.52 Å². The first kappa shape index (κ1) is 21.0. The van der Waals surface area contributed by atoms with Gasteiger partial charge in [0.2, 0.25) is 0 Å². The fourth-order valence-corrected chi connectivity index (χ4v) is 4.19. The number of anilines is 2. The molecule has 3 aromatic carbocycles. The van der Waals surface area contributed by atoms with Crippen LogP contribution in [0.3, 0.4) is 0 Å². The second kappa shape index (κ2) is 8.56. The summed E-state index contributed by atoms with van der Waals surface area (Å²) < 4.78 is 0. The molecule has 33 heavy (non-hydrogen) atoms. The zero-order valence-corrected chi connectivity index (χ0v) is 18.7. The third-order valence-corrected chi connectivity index (χ3v) is 5.94. The normalized spacial score (nSPS) is 12.5. The van der Waals surface area contributed by atoms with Crippen molar-refractivity contribution in [3.8, 4) is 0 Å². The van der Waals surface area contributed by atoms with E-state index in [0.29, 0.717) is 16.1 Å². The molecular formula is C26H21ClN4O2. The molecule has 0 fully saturated rings. The van der Waals surface area contributed by atoms with Crippen LogP contribution in [0.2, 0.25) is 5.02 Å². The number of aryl methyl sites for hydroxylation is 1. The van der Waals surface area contributed by atoms with Gasteiger partial charge in [-0.3, -0.25) is 20.4 Å². The summed E-state index contributed by atoms with van der Waals surface area (Å²) in [7, 11) is 0. The van der Waals surface area contributed by atoms with Gasteiger partial charge in [0.1, 0.15) is 5.82 Å². The lowest BCUT2D eigenvalue weighted by atomic mass is 10.1. The van der Waals surface area contributed by atoms with Crippen LogP contribution in [-0.2, 0) is 6.42 Å². The Morgan fingerprint density at radius 2 is 1.67 bits per heavy atom. The molecule has 0 atom stereocenters. The minimum Gasteiger partial charge on any atom is -0.326 e. The lowest BCUT2D eigenvalue weighted by Gasteiger charge is -2.19. The van der Waals surface area contributed by atoms with Gasteiger partial charge in [-0.15, -0.1) is 0 Å². The zero-order chi connectivity index (χ0) is 22.9. The molecular weight excluding hydrogens is 436 g/mol. The minimum atomic E-state index is -0.440. The van der Waals surface area contributed by atoms with Gasteiger partial charge < -0.3 is 4.90 Å². The summed E-state index contributed by atoms with van der Waals surface area (Å²) in [6.45, 7) is 2.90. The summed E-state index contributed by atoms with van der Waals surface area (Å²) in [5.41, 5.74) is 9.99. The van der Waals surface area contributed by atoms with Crippen LogP contribution in [0.15, 0.2) is 72.8 Å². The van der Waals surface area contributed by atoms with E-state index in [1.165, 1.54) is 17.2 Å². The number of hydrazine groups is 1. The number of hydrogen-bond donors (Lipinski definition) is 2. The van der Waals surface area contributed by atoms with Crippen molar-refractivity contribution in [2.45, 2.75) is 13.3 Å². The molecule has 2 heterocycles. The van der Waals surface area contributed by atoms with E-state index in [4.69, 9.17) is 16.6 Å². The molecule has 0 bridgehead atoms. The Hall–Kier alpha value is -3.90. The number of hydrogen-bond acceptors (Lipinski definition) is 4. The number of pyridine rings is 1. The number of carbonyl (C=O) groups excluding carboxylic acids is 2. The molecule has 0 saturated heterocycles. The molecule has 0 unspecified atom stereocenters. The van der Waals surface area contributed by atoms with Gasteiger partial charge in [-0.1, -0.05) is 29.8 Å². The van der Waals surface area contributed by atoms with E-state index in [2.05, 4.69) is 46.9 Å². The Labute approximate surface area is 196 Å². The Kier molecular flexibility index (Phi) is 5.44. The lowest BCUT2D eigenvalue weighted by Crippen LogP contribution is -2.41. The van der Waals surface area contributed by atoms with E-state index < -0.39 is 11.8 Å². The van der Waals surface area contributed by atoms with E-state index in [-0.39, 0.29) is 0 Å². The van der Waals surface area contributed by atoms with Gasteiger partial charge in [0, 0.05) is 33.8 Å². The Morgan fingerprint density at radius 1 is 0.909 bits per heavy atom. The van der Waals surface area contributed by atoms with Crippen LogP contribution in [0.5, 0.6) is 0 Å². The van der Waals surface area contributed by atoms with Crippen LogP contribution in [-0.4, -0.2) is 23.3 Å². The first-order chi connectivity index (χ1) is 16.0. The molecule has 0 saturated carbocycles. The molecule has 0 radical (unpaired) electrons. The van der Waals surface area contributed by atoms with Gasteiger partial charge in [0.15, 0.2) is 0 Å². The quantitative estimate of drug-likeness (QED) is 0.427. The number of rotatable bonds is 3. The molecule has 4 aromatic rings. The standard InChI is InChI=1S/C26H21ClN4O2/c1-16-5-6-18-14-19-11-12-31(24(19)28-23(18)13-16)22-9-7-17(8-10-22)25(32)29-30-26(33)20-3-2-4-21(27)15-20/h2-10,13-15H,11-12H2,1H3,(H,29,32)(H,30,33). The van der Waals surface area contributed by atoms with Crippen LogP contribution >= 0.6 is 11.6 Å². The van der Waals surface area contributed by atoms with E-state index >= 15 is 0 Å². The Balaban J connectivity index is 1.29. The van der Waals surface area contributed by atoms with Crippen LogP contribution in [0.1, 0.15) is 31.8 Å². The molecule has 1 aromatic heterocycles. The maximum Gasteiger partial charge on any atom is 0.269 e. The zero-order valence-electron chi connectivity index (χ0n) is 17.9. The number of fused-ring (bicyclic) bond motifs is 2. The third kappa shape index (κ3) is 4.25. The summed E-state index contributed by atoms with van der Waals surface area (Å²) in [4.78, 5) is 31.7. The number of aromatic nitrogens is 1. The highest BCUT2D eigenvalue weighted by Gasteiger charge is 2.23. The summed E-state index contributed by atoms with van der Waals surface area (Å²) in [6, 6.07) is 22.3. The lowest BCUT2D eigenvalue weighted by molar-refractivity contribution is 0.0846. The van der Waals surface area contributed by atoms with Crippen molar-refractivity contribution in [3.05, 3.63) is 100 Å². The highest BCUT2D eigenvalue weighted by molar-refractivity contribution is 6.31. The van der Waals surface area contributed by atoms with Gasteiger partial charge in [-0.2, -0.15) is 0 Å². The van der Waals surface area contributed by atoms with Gasteiger partial charge in [0.25, 0.3) is 11.8 Å². The fraction of sp³-hybridized carbons (Fsp3) is 0.115. The first-order valence-corrected chi connectivity index (χ1v) is 11.0. The van der Waals surface area contributed by atoms with Crippen molar-refractivity contribution in [2.24, 2.45) is 0 Å². The van der Waals surface area contributed by atoms with Crippen molar-refractivity contribution in [1.82, 2.24) is 15.8 Å². The molecule has 1 aliphatic rings. The average molecular weight is 457 g/mol. The predicted octanol–water partition coefficient (Wildman–Crippen LogP) is 4.97. The number of nitrogens with zero attached hydrogens (tertiary/aromatic N) is 2. The topological polar surface area (TPSA) is 74.3 Å². The summed E-state index contributed by atoms with van der Waals surface area (Å²) >= 11 is 5.91. The summed E-state index contributed by atoms with van der Waals surface area (Å²) in [5.74, 6) is 0.113. The van der Waals surface area contributed by atoms with Crippen LogP contribution in [0, 0.1) is 6.92 Å². The molecule has 7 heteroatoms. The molecule has 164 valence electrons. The smallest absolute Gasteiger partial charge is 0.269 e. The van der Waals surface area contributed by atoms with Crippen molar-refractivity contribution < 1.29 is 9.59 Å². The maximum atomic E-state index is 12.5. The van der Waals surface area contributed by atoms with E-state index in [0.717, 1.165) is 35.4 Å². The van der Waals surface area contributed by atoms with Crippen LogP contribution in [0.4, 0.5) is 11.5 Å². The molecule has 2 N–H and O–H groups in total. The Morgan fingerprint density at radius 3 is 2.42 bits per heavy atom. The maximum absolute atomic E-state index is 12.5. The highest BCUT2D eigenvalue weighted by Crippen LogP contribution is 2.35. The average Bonchev–Trinajstić information content (AvgIpc) is 3.23. The van der Waals surface area contributed by atoms with Gasteiger partial charge >= 0.3 is 0 Å². The first-order valence-electron chi connectivity index (χ1n) is 10.6. The molecule has 2 amide bonds. The second-order valence-electron chi connectivity index (χ2n) is 8.03. The van der Waals surface area contributed by atoms with E-state index in [9.17, 15) is 9.59 Å². The molecule has 6 nitrogen and oxygen atoms in total. The van der Waals surface area contributed by atoms with Crippen LogP contribution < -0.4 is 15.8 Å². The van der Waals surface area contributed by atoms with E-state index in [1.54, 1.807) is 30.3 Å². The predicted molar refractivity (Wildman–Crippen MR) is 130 cm³/mol. The molecule has 1 aliphatic heterocycles. The summed E-state index contributed by atoms with van der Waals surface area (Å²) in [5, 5.41) is 1.60. The summed E-state index contributed by atoms with van der Waals surface area (Å²) in [6.07, 6.45) is 0.921. The second-order valence-corrected chi connectivity index (χ2v) is 8.47. The highest BCUT2D eigenvalue weighted by atomic mass is 35.5. The van der Waals surface area contributed by atoms with Gasteiger partial charge in [-0.05, 0) is 79.1 Å². The SMILES string of the molecule is Cc1ccc2cc3c(nc2c1)N(c1ccc(C(=O)NNC(=O)c2cccc(Cl)c2)cc1)CC3. The number of amides is 2. The molecule has 0 aliphatic carbocycles. The third-order valence-electron chi connectivity index (χ3n) is 5.71. The Bertz CT molecular complexity index is 1390. The number of nitrogens with one attached hydrogen (secondary N) is 2. The van der Waals surface area contributed by atoms with Crippen molar-refractivity contribution in [1.29, 1.82) is 0 Å². The van der Waals surface area contributed by atoms with Crippen molar-refractivity contribution in [3.63, 3.8) is 0 Å². The van der Waals surface area contributed by atoms with E-state index in [1.807, 2.05) is 12.1 Å². The van der Waals surface area contributed by atoms with Crippen molar-refractivity contribution in [2.75, 3.05) is 11.4 Å². The molecule has 5 rings (SSSR count). The van der Waals surface area contributed by atoms with Gasteiger partial charge in [-0.25, -0.2) is 4.98 Å². The minimum absolute atomic E-state index is 0.362. The fourth-order valence-electron chi connectivity index (χ4n) is 4.00. The number of carbonyl (C=O) groups is 2.